The third-order valence-corrected chi connectivity index (χ3v) is 4.05. The maximum Gasteiger partial charge on any atom is 0.132 e. The highest BCUT2D eigenvalue weighted by atomic mass is 16.5. The van der Waals surface area contributed by atoms with Gasteiger partial charge in [-0.3, -0.25) is 4.79 Å². The van der Waals surface area contributed by atoms with Gasteiger partial charge in [0.25, 0.3) is 0 Å². The fraction of sp³-hybridized carbons (Fsp3) is 0.304. The highest BCUT2D eigenvalue weighted by molar-refractivity contribution is 5.78. The molecule has 3 rings (SSSR count). The number of benzene rings is 2. The molecule has 26 heavy (non-hydrogen) atoms. The van der Waals surface area contributed by atoms with Gasteiger partial charge in [0.05, 0.1) is 11.2 Å². The van der Waals surface area contributed by atoms with Crippen molar-refractivity contribution in [2.24, 2.45) is 0 Å². The third-order valence-electron chi connectivity index (χ3n) is 4.05. The molecule has 0 saturated heterocycles. The van der Waals surface area contributed by atoms with Crippen molar-refractivity contribution in [1.29, 1.82) is 0 Å². The Hall–Kier alpha value is -2.68. The van der Waals surface area contributed by atoms with Gasteiger partial charge < -0.3 is 4.74 Å². The van der Waals surface area contributed by atoms with Crippen LogP contribution < -0.4 is 4.74 Å². The highest BCUT2D eigenvalue weighted by Gasteiger charge is 2.02. The van der Waals surface area contributed by atoms with E-state index in [0.29, 0.717) is 25.2 Å². The number of carbonyl (C=O) groups excluding carboxylic acids is 1. The van der Waals surface area contributed by atoms with E-state index in [1.807, 2.05) is 69.3 Å². The van der Waals surface area contributed by atoms with Crippen LogP contribution >= 0.6 is 0 Å². The fourth-order valence-corrected chi connectivity index (χ4v) is 2.56. The molecule has 2 aromatic carbocycles. The summed E-state index contributed by atoms with van der Waals surface area (Å²) in [7, 11) is 0. The van der Waals surface area contributed by atoms with Crippen molar-refractivity contribution in [2.45, 2.75) is 46.6 Å². The van der Waals surface area contributed by atoms with Crippen LogP contribution in [0.25, 0.3) is 10.9 Å². The molecule has 0 spiro atoms. The van der Waals surface area contributed by atoms with Gasteiger partial charge >= 0.3 is 0 Å². The van der Waals surface area contributed by atoms with Crippen molar-refractivity contribution < 1.29 is 9.53 Å². The second kappa shape index (κ2) is 10.3. The summed E-state index contributed by atoms with van der Waals surface area (Å²) >= 11 is 0. The molecule has 3 aromatic rings. The van der Waals surface area contributed by atoms with E-state index in [9.17, 15) is 4.79 Å². The number of hydrogen-bond acceptors (Lipinski definition) is 3. The number of rotatable bonds is 7. The van der Waals surface area contributed by atoms with Crippen LogP contribution in [0.2, 0.25) is 0 Å². The summed E-state index contributed by atoms with van der Waals surface area (Å²) in [6, 6.07) is 20.1. The normalized spacial score (nSPS) is 10.1. The summed E-state index contributed by atoms with van der Waals surface area (Å²) in [6.07, 6.45) is 2.01. The van der Waals surface area contributed by atoms with Gasteiger partial charge in [0.1, 0.15) is 18.1 Å². The SMILES string of the molecule is CC.CCC(=O)CCc1ccc(OCc2ccc3ccccc3n2)cc1. The lowest BCUT2D eigenvalue weighted by atomic mass is 10.1. The average molecular weight is 349 g/mol. The van der Waals surface area contributed by atoms with Crippen molar-refractivity contribution >= 4 is 16.7 Å². The van der Waals surface area contributed by atoms with Crippen LogP contribution in [0.1, 0.15) is 44.9 Å². The molecule has 0 N–H and O–H groups in total. The second-order valence-corrected chi connectivity index (χ2v) is 5.82. The van der Waals surface area contributed by atoms with Crippen molar-refractivity contribution in [2.75, 3.05) is 0 Å². The Labute approximate surface area is 156 Å². The smallest absolute Gasteiger partial charge is 0.132 e. The number of aryl methyl sites for hydroxylation is 1. The molecule has 0 amide bonds. The number of ether oxygens (including phenoxy) is 1. The van der Waals surface area contributed by atoms with Gasteiger partial charge in [-0.05, 0) is 36.2 Å². The number of fused-ring (bicyclic) bond motifs is 1. The van der Waals surface area contributed by atoms with Crippen LogP contribution in [0.5, 0.6) is 5.75 Å². The zero-order valence-electron chi connectivity index (χ0n) is 15.9. The summed E-state index contributed by atoms with van der Waals surface area (Å²) in [5.74, 6) is 1.12. The minimum Gasteiger partial charge on any atom is -0.487 e. The van der Waals surface area contributed by atoms with Gasteiger partial charge in [-0.1, -0.05) is 57.2 Å². The van der Waals surface area contributed by atoms with Crippen molar-refractivity contribution in [3.63, 3.8) is 0 Å². The van der Waals surface area contributed by atoms with Crippen LogP contribution in [0.3, 0.4) is 0 Å². The minimum atomic E-state index is 0.303. The van der Waals surface area contributed by atoms with Gasteiger partial charge in [0.15, 0.2) is 0 Å². The Morgan fingerprint density at radius 1 is 0.962 bits per heavy atom. The van der Waals surface area contributed by atoms with E-state index in [-0.39, 0.29) is 0 Å². The predicted octanol–water partition coefficient (Wildman–Crippen LogP) is 5.75. The first kappa shape index (κ1) is 19.6. The molecule has 136 valence electrons. The number of aromatic nitrogens is 1. The minimum absolute atomic E-state index is 0.303. The zero-order chi connectivity index (χ0) is 18.8. The number of pyridine rings is 1. The summed E-state index contributed by atoms with van der Waals surface area (Å²) in [5.41, 5.74) is 3.05. The van der Waals surface area contributed by atoms with E-state index in [1.54, 1.807) is 0 Å². The molecule has 3 nitrogen and oxygen atoms in total. The molecule has 1 heterocycles. The molecule has 3 heteroatoms. The first-order chi connectivity index (χ1) is 12.7. The quantitative estimate of drug-likeness (QED) is 0.545. The Morgan fingerprint density at radius 2 is 1.69 bits per heavy atom. The molecule has 0 bridgehead atoms. The molecular formula is C23H27NO2. The molecule has 0 atom stereocenters. The summed E-state index contributed by atoms with van der Waals surface area (Å²) in [5, 5.41) is 1.13. The van der Waals surface area contributed by atoms with Gasteiger partial charge in [-0.25, -0.2) is 4.98 Å². The third kappa shape index (κ3) is 5.69. The maximum absolute atomic E-state index is 11.4. The number of ketones is 1. The van der Waals surface area contributed by atoms with E-state index < -0.39 is 0 Å². The van der Waals surface area contributed by atoms with Gasteiger partial charge in [-0.2, -0.15) is 0 Å². The monoisotopic (exact) mass is 349 g/mol. The molecule has 1 aromatic heterocycles. The van der Waals surface area contributed by atoms with Crippen molar-refractivity contribution in [3.05, 3.63) is 71.9 Å². The Balaban J connectivity index is 0.00000117. The molecule has 0 aliphatic heterocycles. The molecular weight excluding hydrogens is 322 g/mol. The van der Waals surface area contributed by atoms with Crippen LogP contribution in [-0.4, -0.2) is 10.8 Å². The van der Waals surface area contributed by atoms with E-state index in [1.165, 1.54) is 0 Å². The molecule has 0 aliphatic rings. The van der Waals surface area contributed by atoms with E-state index in [0.717, 1.165) is 34.3 Å². The van der Waals surface area contributed by atoms with E-state index in [2.05, 4.69) is 17.1 Å². The molecule has 0 unspecified atom stereocenters. The topological polar surface area (TPSA) is 39.2 Å². The van der Waals surface area contributed by atoms with Gasteiger partial charge in [0, 0.05) is 18.2 Å². The van der Waals surface area contributed by atoms with Crippen molar-refractivity contribution in [1.82, 2.24) is 4.98 Å². The predicted molar refractivity (Wildman–Crippen MR) is 107 cm³/mol. The lowest BCUT2D eigenvalue weighted by Gasteiger charge is -2.08. The zero-order valence-corrected chi connectivity index (χ0v) is 15.9. The Morgan fingerprint density at radius 3 is 2.42 bits per heavy atom. The summed E-state index contributed by atoms with van der Waals surface area (Å²) < 4.78 is 5.81. The number of carbonyl (C=O) groups is 1. The summed E-state index contributed by atoms with van der Waals surface area (Å²) in [6.45, 7) is 6.35. The number of hydrogen-bond donors (Lipinski definition) is 0. The highest BCUT2D eigenvalue weighted by Crippen LogP contribution is 2.17. The van der Waals surface area contributed by atoms with Gasteiger partial charge in [0.2, 0.25) is 0 Å². The van der Waals surface area contributed by atoms with Crippen LogP contribution in [0.15, 0.2) is 60.7 Å². The van der Waals surface area contributed by atoms with Crippen LogP contribution in [0, 0.1) is 0 Å². The number of para-hydroxylation sites is 1. The first-order valence-corrected chi connectivity index (χ1v) is 9.32. The Bertz CT molecular complexity index is 825. The second-order valence-electron chi connectivity index (χ2n) is 5.82. The molecule has 0 fully saturated rings. The average Bonchev–Trinajstić information content (AvgIpc) is 2.72. The largest absolute Gasteiger partial charge is 0.487 e. The first-order valence-electron chi connectivity index (χ1n) is 9.32. The van der Waals surface area contributed by atoms with Crippen molar-refractivity contribution in [3.8, 4) is 5.75 Å². The van der Waals surface area contributed by atoms with E-state index >= 15 is 0 Å². The van der Waals surface area contributed by atoms with Crippen LogP contribution in [0.4, 0.5) is 0 Å². The maximum atomic E-state index is 11.4. The molecule has 0 saturated carbocycles. The number of Topliss-reactive ketones (excluding diaryl/α,β-unsaturated/α-hetero) is 1. The Kier molecular flexibility index (Phi) is 7.81. The lowest BCUT2D eigenvalue weighted by molar-refractivity contribution is -0.118. The van der Waals surface area contributed by atoms with Crippen LogP contribution in [-0.2, 0) is 17.8 Å². The molecule has 0 aliphatic carbocycles. The standard InChI is InChI=1S/C21H21NO2.C2H6/c1-2-19(23)12-7-16-8-13-20(14-9-16)24-15-18-11-10-17-5-3-4-6-21(17)22-18;1-2/h3-6,8-11,13-14H,2,7,12,15H2,1H3;1-2H3. The van der Waals surface area contributed by atoms with E-state index in [4.69, 9.17) is 4.74 Å². The number of nitrogens with zero attached hydrogens (tertiary/aromatic N) is 1. The summed E-state index contributed by atoms with van der Waals surface area (Å²) in [4.78, 5) is 16.0. The fourth-order valence-electron chi connectivity index (χ4n) is 2.56. The lowest BCUT2D eigenvalue weighted by Crippen LogP contribution is -1.99. The molecule has 0 radical (unpaired) electrons. The van der Waals surface area contributed by atoms with Gasteiger partial charge in [-0.15, -0.1) is 0 Å².